The molecule has 6 heteroatoms. The van der Waals surface area contributed by atoms with Gasteiger partial charge in [-0.2, -0.15) is 4.31 Å². The number of rotatable bonds is 5. The van der Waals surface area contributed by atoms with E-state index in [-0.39, 0.29) is 17.7 Å². The van der Waals surface area contributed by atoms with Gasteiger partial charge < -0.3 is 4.98 Å². The highest BCUT2D eigenvalue weighted by atomic mass is 35.5. The SMILES string of the molecule is CC(CCl)CS(=O)(=O)N1CCCC1c1ccc[nH]1. The molecule has 0 spiro atoms. The molecule has 0 saturated carbocycles. The van der Waals surface area contributed by atoms with Crippen LogP contribution in [-0.2, 0) is 10.0 Å². The summed E-state index contributed by atoms with van der Waals surface area (Å²) < 4.78 is 26.3. The summed E-state index contributed by atoms with van der Waals surface area (Å²) in [4.78, 5) is 3.12. The summed E-state index contributed by atoms with van der Waals surface area (Å²) >= 11 is 5.71. The van der Waals surface area contributed by atoms with Crippen molar-refractivity contribution in [1.82, 2.24) is 9.29 Å². The molecule has 2 rings (SSSR count). The van der Waals surface area contributed by atoms with Crippen molar-refractivity contribution < 1.29 is 8.42 Å². The van der Waals surface area contributed by atoms with Crippen LogP contribution in [0.2, 0.25) is 0 Å². The number of aromatic amines is 1. The van der Waals surface area contributed by atoms with Crippen LogP contribution in [-0.4, -0.2) is 35.9 Å². The molecule has 1 aliphatic heterocycles. The minimum absolute atomic E-state index is 0.0124. The standard InChI is InChI=1S/C12H19ClN2O2S/c1-10(8-13)9-18(16,17)15-7-3-5-12(15)11-4-2-6-14-11/h2,4,6,10,12,14H,3,5,7-9H2,1H3. The molecule has 0 aromatic carbocycles. The Morgan fingerprint density at radius 3 is 3.00 bits per heavy atom. The van der Waals surface area contributed by atoms with E-state index >= 15 is 0 Å². The third-order valence-electron chi connectivity index (χ3n) is 3.30. The van der Waals surface area contributed by atoms with Crippen molar-refractivity contribution in [3.63, 3.8) is 0 Å². The molecule has 18 heavy (non-hydrogen) atoms. The molecule has 1 N–H and O–H groups in total. The van der Waals surface area contributed by atoms with Crippen molar-refractivity contribution in [2.45, 2.75) is 25.8 Å². The molecule has 2 unspecified atom stereocenters. The fourth-order valence-corrected chi connectivity index (χ4v) is 4.72. The maximum atomic E-state index is 12.4. The lowest BCUT2D eigenvalue weighted by Crippen LogP contribution is -2.34. The topological polar surface area (TPSA) is 53.2 Å². The zero-order valence-electron chi connectivity index (χ0n) is 10.5. The van der Waals surface area contributed by atoms with Crippen molar-refractivity contribution in [1.29, 1.82) is 0 Å². The van der Waals surface area contributed by atoms with Gasteiger partial charge in [-0.15, -0.1) is 11.6 Å². The summed E-state index contributed by atoms with van der Waals surface area (Å²) in [6.07, 6.45) is 3.63. The Bertz CT molecular complexity index is 472. The summed E-state index contributed by atoms with van der Waals surface area (Å²) in [7, 11) is -3.22. The predicted octanol–water partition coefficient (Wildman–Crippen LogP) is 2.36. The second kappa shape index (κ2) is 5.63. The van der Waals surface area contributed by atoms with Crippen LogP contribution in [0.3, 0.4) is 0 Å². The lowest BCUT2D eigenvalue weighted by molar-refractivity contribution is 0.388. The molecular weight excluding hydrogens is 272 g/mol. The van der Waals surface area contributed by atoms with Gasteiger partial charge in [-0.05, 0) is 30.9 Å². The Labute approximate surface area is 113 Å². The van der Waals surface area contributed by atoms with Crippen molar-refractivity contribution >= 4 is 21.6 Å². The summed E-state index contributed by atoms with van der Waals surface area (Å²) in [6.45, 7) is 2.48. The van der Waals surface area contributed by atoms with Crippen LogP contribution in [0.4, 0.5) is 0 Å². The molecule has 0 amide bonds. The van der Waals surface area contributed by atoms with Crippen LogP contribution in [0, 0.1) is 5.92 Å². The van der Waals surface area contributed by atoms with Gasteiger partial charge in [0.15, 0.2) is 0 Å². The van der Waals surface area contributed by atoms with E-state index in [2.05, 4.69) is 4.98 Å². The molecule has 2 heterocycles. The molecule has 0 aliphatic carbocycles. The van der Waals surface area contributed by atoms with E-state index in [1.165, 1.54) is 0 Å². The van der Waals surface area contributed by atoms with Gasteiger partial charge in [0.2, 0.25) is 10.0 Å². The minimum atomic E-state index is -3.22. The van der Waals surface area contributed by atoms with Crippen molar-refractivity contribution in [2.75, 3.05) is 18.2 Å². The van der Waals surface area contributed by atoms with Gasteiger partial charge in [0.1, 0.15) is 0 Å². The number of sulfonamides is 1. The maximum absolute atomic E-state index is 12.4. The largest absolute Gasteiger partial charge is 0.364 e. The van der Waals surface area contributed by atoms with Crippen LogP contribution in [0.1, 0.15) is 31.5 Å². The normalized spacial score (nSPS) is 23.3. The zero-order valence-corrected chi connectivity index (χ0v) is 12.0. The van der Waals surface area contributed by atoms with Crippen LogP contribution in [0.5, 0.6) is 0 Å². The first kappa shape index (κ1) is 13.9. The van der Waals surface area contributed by atoms with Gasteiger partial charge in [0.05, 0.1) is 11.8 Å². The molecule has 1 aromatic heterocycles. The maximum Gasteiger partial charge on any atom is 0.215 e. The summed E-state index contributed by atoms with van der Waals surface area (Å²) in [5, 5.41) is 0. The first-order valence-corrected chi connectivity index (χ1v) is 8.37. The van der Waals surface area contributed by atoms with Gasteiger partial charge >= 0.3 is 0 Å². The third kappa shape index (κ3) is 2.90. The Balaban J connectivity index is 2.16. The molecule has 1 aromatic rings. The summed E-state index contributed by atoms with van der Waals surface area (Å²) in [5.41, 5.74) is 0.981. The number of aromatic nitrogens is 1. The second-order valence-electron chi connectivity index (χ2n) is 4.93. The minimum Gasteiger partial charge on any atom is -0.364 e. The monoisotopic (exact) mass is 290 g/mol. The number of alkyl halides is 1. The number of nitrogens with one attached hydrogen (secondary N) is 1. The Kier molecular flexibility index (Phi) is 4.35. The molecule has 0 bridgehead atoms. The summed E-state index contributed by atoms with van der Waals surface area (Å²) in [5.74, 6) is 0.495. The first-order valence-electron chi connectivity index (χ1n) is 6.23. The second-order valence-corrected chi connectivity index (χ2v) is 7.21. The zero-order chi connectivity index (χ0) is 13.2. The van der Waals surface area contributed by atoms with Gasteiger partial charge in [-0.3, -0.25) is 0 Å². The number of nitrogens with zero attached hydrogens (tertiary/aromatic N) is 1. The third-order valence-corrected chi connectivity index (χ3v) is 5.97. The van der Waals surface area contributed by atoms with Crippen molar-refractivity contribution in [2.24, 2.45) is 5.92 Å². The van der Waals surface area contributed by atoms with Crippen LogP contribution >= 0.6 is 11.6 Å². The van der Waals surface area contributed by atoms with E-state index < -0.39 is 10.0 Å². The van der Waals surface area contributed by atoms with Crippen molar-refractivity contribution in [3.8, 4) is 0 Å². The predicted molar refractivity (Wildman–Crippen MR) is 73.1 cm³/mol. The lowest BCUT2D eigenvalue weighted by atomic mass is 10.2. The number of hydrogen-bond acceptors (Lipinski definition) is 2. The van der Waals surface area contributed by atoms with E-state index in [0.717, 1.165) is 18.5 Å². The Morgan fingerprint density at radius 1 is 1.61 bits per heavy atom. The number of H-pyrrole nitrogens is 1. The Hall–Kier alpha value is -0.520. The van der Waals surface area contributed by atoms with Crippen LogP contribution in [0.25, 0.3) is 0 Å². The molecule has 1 fully saturated rings. The quantitative estimate of drug-likeness (QED) is 0.847. The molecule has 1 saturated heterocycles. The van der Waals surface area contributed by atoms with E-state index in [1.807, 2.05) is 25.3 Å². The van der Waals surface area contributed by atoms with E-state index in [1.54, 1.807) is 4.31 Å². The molecule has 2 atom stereocenters. The fraction of sp³-hybridized carbons (Fsp3) is 0.667. The van der Waals surface area contributed by atoms with E-state index in [4.69, 9.17) is 11.6 Å². The average Bonchev–Trinajstić information content (AvgIpc) is 2.98. The molecular formula is C12H19ClN2O2S. The first-order chi connectivity index (χ1) is 8.54. The number of hydrogen-bond donors (Lipinski definition) is 1. The van der Waals surface area contributed by atoms with Gasteiger partial charge in [0.25, 0.3) is 0 Å². The van der Waals surface area contributed by atoms with Crippen LogP contribution < -0.4 is 0 Å². The highest BCUT2D eigenvalue weighted by Gasteiger charge is 2.36. The summed E-state index contributed by atoms with van der Waals surface area (Å²) in [6, 6.07) is 3.82. The van der Waals surface area contributed by atoms with E-state index in [0.29, 0.717) is 12.4 Å². The fourth-order valence-electron chi connectivity index (χ4n) is 2.44. The lowest BCUT2D eigenvalue weighted by Gasteiger charge is -2.24. The Morgan fingerprint density at radius 2 is 2.39 bits per heavy atom. The highest BCUT2D eigenvalue weighted by Crippen LogP contribution is 2.33. The molecule has 1 aliphatic rings. The van der Waals surface area contributed by atoms with Gasteiger partial charge in [-0.1, -0.05) is 6.92 Å². The molecule has 102 valence electrons. The highest BCUT2D eigenvalue weighted by molar-refractivity contribution is 7.89. The molecule has 0 radical (unpaired) electrons. The van der Waals surface area contributed by atoms with E-state index in [9.17, 15) is 8.42 Å². The average molecular weight is 291 g/mol. The van der Waals surface area contributed by atoms with Crippen LogP contribution in [0.15, 0.2) is 18.3 Å². The smallest absolute Gasteiger partial charge is 0.215 e. The van der Waals surface area contributed by atoms with Gasteiger partial charge in [0, 0.05) is 24.3 Å². The van der Waals surface area contributed by atoms with Crippen molar-refractivity contribution in [3.05, 3.63) is 24.0 Å². The van der Waals surface area contributed by atoms with Gasteiger partial charge in [-0.25, -0.2) is 8.42 Å². The molecule has 4 nitrogen and oxygen atoms in total. The number of halogens is 1.